The molecule has 0 bridgehead atoms. The smallest absolute Gasteiger partial charge is 0.126 e. The van der Waals surface area contributed by atoms with Gasteiger partial charge in [0.15, 0.2) is 0 Å². The van der Waals surface area contributed by atoms with Crippen LogP contribution in [0.2, 0.25) is 0 Å². The molecule has 2 rings (SSSR count). The Balaban J connectivity index is 2.44. The van der Waals surface area contributed by atoms with Crippen molar-refractivity contribution in [3.05, 3.63) is 66.9 Å². The highest BCUT2D eigenvalue weighted by molar-refractivity contribution is 14.1. The van der Waals surface area contributed by atoms with Crippen LogP contribution in [0.25, 0.3) is 0 Å². The second-order valence-corrected chi connectivity index (χ2v) is 6.55. The fourth-order valence-corrected chi connectivity index (χ4v) is 3.24. The van der Waals surface area contributed by atoms with Crippen molar-refractivity contribution in [1.82, 2.24) is 0 Å². The van der Waals surface area contributed by atoms with Gasteiger partial charge in [0.1, 0.15) is 5.82 Å². The van der Waals surface area contributed by atoms with Crippen molar-refractivity contribution < 1.29 is 4.39 Å². The fourth-order valence-electron chi connectivity index (χ4n) is 1.71. The predicted molar refractivity (Wildman–Crippen MR) is 85.7 cm³/mol. The molecular weight excluding hydrogens is 429 g/mol. The van der Waals surface area contributed by atoms with E-state index in [9.17, 15) is 4.39 Å². The summed E-state index contributed by atoms with van der Waals surface area (Å²) in [5, 5.41) is -0.270. The van der Waals surface area contributed by atoms with E-state index in [-0.39, 0.29) is 11.2 Å². The summed E-state index contributed by atoms with van der Waals surface area (Å²) in [6.07, 6.45) is 0. The number of hydrogen-bond donors (Lipinski definition) is 0. The molecule has 0 fully saturated rings. The molecule has 0 amide bonds. The van der Waals surface area contributed by atoms with Crippen LogP contribution >= 0.6 is 50.1 Å². The molecule has 0 saturated heterocycles. The Morgan fingerprint density at radius 2 is 1.94 bits per heavy atom. The maximum atomic E-state index is 13.3. The molecule has 18 heavy (non-hydrogen) atoms. The van der Waals surface area contributed by atoms with Gasteiger partial charge in [-0.25, -0.2) is 4.39 Å². The molecule has 1 unspecified atom stereocenters. The summed E-state index contributed by atoms with van der Waals surface area (Å²) in [6, 6.07) is 11.0. The van der Waals surface area contributed by atoms with Crippen LogP contribution in [-0.4, -0.2) is 0 Å². The van der Waals surface area contributed by atoms with Crippen LogP contribution in [0, 0.1) is 16.3 Å². The molecule has 0 nitrogen and oxygen atoms in total. The molecule has 4 heteroatoms. The molecule has 0 spiro atoms. The molecule has 2 aromatic rings. The normalized spacial score (nSPS) is 12.5. The van der Waals surface area contributed by atoms with E-state index in [0.717, 1.165) is 19.2 Å². The van der Waals surface area contributed by atoms with Gasteiger partial charge in [0.25, 0.3) is 0 Å². The van der Waals surface area contributed by atoms with Crippen LogP contribution in [0.1, 0.15) is 22.1 Å². The average Bonchev–Trinajstić information content (AvgIpc) is 2.35. The molecular formula is C14H10BrClFI. The SMILES string of the molecule is Cc1cc(C(Cl)c2cc(Br)ccc2I)ccc1F. The highest BCUT2D eigenvalue weighted by atomic mass is 127. The van der Waals surface area contributed by atoms with Crippen molar-refractivity contribution in [2.75, 3.05) is 0 Å². The molecule has 0 N–H and O–H groups in total. The molecule has 0 aliphatic rings. The van der Waals surface area contributed by atoms with Crippen LogP contribution < -0.4 is 0 Å². The number of hydrogen-bond acceptors (Lipinski definition) is 0. The molecule has 1 atom stereocenters. The van der Waals surface area contributed by atoms with E-state index in [1.807, 2.05) is 18.2 Å². The van der Waals surface area contributed by atoms with E-state index in [1.165, 1.54) is 6.07 Å². The van der Waals surface area contributed by atoms with E-state index >= 15 is 0 Å². The Kier molecular flexibility index (Phi) is 4.67. The van der Waals surface area contributed by atoms with Crippen LogP contribution in [0.3, 0.4) is 0 Å². The Labute approximate surface area is 133 Å². The Hall–Kier alpha value is -0.130. The van der Waals surface area contributed by atoms with Gasteiger partial charge in [-0.2, -0.15) is 0 Å². The zero-order valence-electron chi connectivity index (χ0n) is 9.55. The minimum absolute atomic E-state index is 0.202. The van der Waals surface area contributed by atoms with Gasteiger partial charge in [-0.1, -0.05) is 28.1 Å². The Morgan fingerprint density at radius 3 is 2.61 bits per heavy atom. The molecule has 0 aliphatic carbocycles. The monoisotopic (exact) mass is 438 g/mol. The third-order valence-corrected chi connectivity index (χ3v) is 4.67. The molecule has 0 heterocycles. The second-order valence-electron chi connectivity index (χ2n) is 4.04. The first-order valence-corrected chi connectivity index (χ1v) is 7.65. The Bertz CT molecular complexity index is 586. The Morgan fingerprint density at radius 1 is 1.22 bits per heavy atom. The van der Waals surface area contributed by atoms with Crippen molar-refractivity contribution in [2.45, 2.75) is 12.3 Å². The van der Waals surface area contributed by atoms with Crippen LogP contribution in [0.15, 0.2) is 40.9 Å². The van der Waals surface area contributed by atoms with E-state index in [0.29, 0.717) is 5.56 Å². The lowest BCUT2D eigenvalue weighted by molar-refractivity contribution is 0.617. The first kappa shape index (κ1) is 14.3. The highest BCUT2D eigenvalue weighted by Crippen LogP contribution is 2.34. The lowest BCUT2D eigenvalue weighted by atomic mass is 10.0. The van der Waals surface area contributed by atoms with Crippen LogP contribution in [0.4, 0.5) is 4.39 Å². The minimum atomic E-state index is -0.270. The summed E-state index contributed by atoms with van der Waals surface area (Å²) in [6.45, 7) is 1.74. The standard InChI is InChI=1S/C14H10BrClFI/c1-8-6-9(2-4-12(8)17)14(16)11-7-10(15)3-5-13(11)18/h2-7,14H,1H3. The van der Waals surface area contributed by atoms with Gasteiger partial charge < -0.3 is 0 Å². The summed E-state index contributed by atoms with van der Waals surface area (Å²) >= 11 is 12.2. The second kappa shape index (κ2) is 5.88. The van der Waals surface area contributed by atoms with Crippen LogP contribution in [0.5, 0.6) is 0 Å². The van der Waals surface area contributed by atoms with Gasteiger partial charge in [0.05, 0.1) is 5.38 Å². The van der Waals surface area contributed by atoms with Crippen molar-refractivity contribution in [2.24, 2.45) is 0 Å². The molecule has 94 valence electrons. The summed E-state index contributed by atoms with van der Waals surface area (Å²) < 4.78 is 15.3. The zero-order valence-corrected chi connectivity index (χ0v) is 14.1. The van der Waals surface area contributed by atoms with Crippen molar-refractivity contribution >= 4 is 50.1 Å². The zero-order chi connectivity index (χ0) is 13.3. The lowest BCUT2D eigenvalue weighted by Crippen LogP contribution is -1.98. The van der Waals surface area contributed by atoms with E-state index in [4.69, 9.17) is 11.6 Å². The third-order valence-electron chi connectivity index (χ3n) is 2.71. The molecule has 0 radical (unpaired) electrons. The van der Waals surface area contributed by atoms with E-state index < -0.39 is 0 Å². The number of halogens is 4. The van der Waals surface area contributed by atoms with Gasteiger partial charge in [0.2, 0.25) is 0 Å². The first-order chi connectivity index (χ1) is 8.49. The highest BCUT2D eigenvalue weighted by Gasteiger charge is 2.15. The summed E-state index contributed by atoms with van der Waals surface area (Å²) in [5.41, 5.74) is 2.55. The summed E-state index contributed by atoms with van der Waals surface area (Å²) in [5.74, 6) is -0.202. The number of rotatable bonds is 2. The van der Waals surface area contributed by atoms with Crippen molar-refractivity contribution in [1.29, 1.82) is 0 Å². The largest absolute Gasteiger partial charge is 0.207 e. The lowest BCUT2D eigenvalue weighted by Gasteiger charge is -2.13. The molecule has 0 aromatic heterocycles. The van der Waals surface area contributed by atoms with Crippen molar-refractivity contribution in [3.63, 3.8) is 0 Å². The quantitative estimate of drug-likeness (QED) is 0.408. The number of benzene rings is 2. The van der Waals surface area contributed by atoms with E-state index in [1.54, 1.807) is 19.1 Å². The molecule has 0 saturated carbocycles. The van der Waals surface area contributed by atoms with Crippen molar-refractivity contribution in [3.8, 4) is 0 Å². The number of alkyl halides is 1. The summed E-state index contributed by atoms with van der Waals surface area (Å²) in [4.78, 5) is 0. The van der Waals surface area contributed by atoms with E-state index in [2.05, 4.69) is 38.5 Å². The summed E-state index contributed by atoms with van der Waals surface area (Å²) in [7, 11) is 0. The topological polar surface area (TPSA) is 0 Å². The van der Waals surface area contributed by atoms with Gasteiger partial charge >= 0.3 is 0 Å². The molecule has 2 aromatic carbocycles. The van der Waals surface area contributed by atoms with Gasteiger partial charge in [-0.3, -0.25) is 0 Å². The van der Waals surface area contributed by atoms with Gasteiger partial charge in [-0.05, 0) is 70.5 Å². The minimum Gasteiger partial charge on any atom is -0.207 e. The third kappa shape index (κ3) is 3.06. The van der Waals surface area contributed by atoms with Gasteiger partial charge in [0, 0.05) is 8.04 Å². The number of aryl methyl sites for hydroxylation is 1. The van der Waals surface area contributed by atoms with Gasteiger partial charge in [-0.15, -0.1) is 11.6 Å². The maximum absolute atomic E-state index is 13.3. The molecule has 0 aliphatic heterocycles. The maximum Gasteiger partial charge on any atom is 0.126 e. The predicted octanol–water partition coefficient (Wildman–Crippen LogP) is 5.83. The van der Waals surface area contributed by atoms with Crippen LogP contribution in [-0.2, 0) is 0 Å². The average molecular weight is 439 g/mol. The fraction of sp³-hybridized carbons (Fsp3) is 0.143. The first-order valence-electron chi connectivity index (χ1n) is 5.34.